The second-order valence-corrected chi connectivity index (χ2v) is 11.5. The van der Waals surface area contributed by atoms with Crippen molar-refractivity contribution in [2.45, 2.75) is 103 Å². The highest BCUT2D eigenvalue weighted by atomic mass is 16.7. The molecule has 0 saturated heterocycles. The number of hydrogen-bond acceptors (Lipinski definition) is 6. The lowest BCUT2D eigenvalue weighted by atomic mass is 9.44. The first-order chi connectivity index (χ1) is 16.0. The maximum Gasteiger partial charge on any atom is 0.506 e. The fourth-order valence-corrected chi connectivity index (χ4v) is 8.08. The van der Waals surface area contributed by atoms with Crippen molar-refractivity contribution in [2.24, 2.45) is 22.7 Å². The Labute approximate surface area is 202 Å². The predicted octanol–water partition coefficient (Wildman–Crippen LogP) is 4.84. The summed E-state index contributed by atoms with van der Waals surface area (Å²) in [4.78, 5) is 37.4. The second kappa shape index (κ2) is 9.05. The van der Waals surface area contributed by atoms with Crippen LogP contribution in [0.25, 0.3) is 0 Å². The van der Waals surface area contributed by atoms with Gasteiger partial charge < -0.3 is 19.7 Å². The number of ether oxygens (including phenoxy) is 2. The number of rotatable bonds is 8. The van der Waals surface area contributed by atoms with Gasteiger partial charge in [0, 0.05) is 29.8 Å². The van der Waals surface area contributed by atoms with Crippen LogP contribution in [0.3, 0.4) is 0 Å². The van der Waals surface area contributed by atoms with E-state index in [9.17, 15) is 24.6 Å². The summed E-state index contributed by atoms with van der Waals surface area (Å²) in [6.45, 7) is 6.60. The molecule has 4 aliphatic carbocycles. The summed E-state index contributed by atoms with van der Waals surface area (Å²) in [5.41, 5.74) is -2.63. The lowest BCUT2D eigenvalue weighted by Gasteiger charge is -2.64. The van der Waals surface area contributed by atoms with Gasteiger partial charge in [0.1, 0.15) is 17.8 Å². The van der Waals surface area contributed by atoms with Crippen molar-refractivity contribution in [3.63, 3.8) is 0 Å². The average Bonchev–Trinajstić information content (AvgIpc) is 3.06. The van der Waals surface area contributed by atoms with Crippen LogP contribution in [0.1, 0.15) is 91.4 Å². The molecule has 0 unspecified atom stereocenters. The minimum Gasteiger partial charge on any atom is -0.450 e. The molecule has 0 aromatic carbocycles. The van der Waals surface area contributed by atoms with Gasteiger partial charge in [-0.25, -0.2) is 4.79 Å². The monoisotopic (exact) mass is 476 g/mol. The Bertz CT molecular complexity index is 880. The minimum absolute atomic E-state index is 0.0364. The number of fused-ring (bicyclic) bond motifs is 5. The van der Waals surface area contributed by atoms with Crippen LogP contribution in [0.4, 0.5) is 4.79 Å². The number of carboxylic acid groups (broad SMARTS) is 1. The topological polar surface area (TPSA) is 110 Å². The molecule has 0 spiro atoms. The van der Waals surface area contributed by atoms with Crippen LogP contribution in [0.2, 0.25) is 0 Å². The summed E-state index contributed by atoms with van der Waals surface area (Å²) in [5, 5.41) is 21.5. The highest BCUT2D eigenvalue weighted by molar-refractivity contribution is 5.92. The van der Waals surface area contributed by atoms with Crippen LogP contribution in [-0.2, 0) is 19.1 Å². The van der Waals surface area contributed by atoms with E-state index in [1.807, 2.05) is 6.92 Å². The number of ketones is 2. The molecule has 2 N–H and O–H groups in total. The van der Waals surface area contributed by atoms with Gasteiger partial charge in [0.25, 0.3) is 0 Å². The van der Waals surface area contributed by atoms with Crippen LogP contribution in [0, 0.1) is 22.7 Å². The summed E-state index contributed by atoms with van der Waals surface area (Å²) >= 11 is 0. The smallest absolute Gasteiger partial charge is 0.450 e. The van der Waals surface area contributed by atoms with Crippen LogP contribution in [-0.4, -0.2) is 52.4 Å². The molecule has 34 heavy (non-hydrogen) atoms. The van der Waals surface area contributed by atoms with Crippen molar-refractivity contribution in [1.29, 1.82) is 0 Å². The highest BCUT2D eigenvalue weighted by Crippen LogP contribution is 2.70. The lowest BCUT2D eigenvalue weighted by Crippen LogP contribution is -2.67. The molecule has 190 valence electrons. The first kappa shape index (κ1) is 25.4. The van der Waals surface area contributed by atoms with Gasteiger partial charge in [-0.05, 0) is 63.4 Å². The lowest BCUT2D eigenvalue weighted by molar-refractivity contribution is -0.215. The Hall–Kier alpha value is -1.73. The Morgan fingerprint density at radius 3 is 2.53 bits per heavy atom. The van der Waals surface area contributed by atoms with E-state index < -0.39 is 28.2 Å². The quantitative estimate of drug-likeness (QED) is 0.381. The Morgan fingerprint density at radius 2 is 1.82 bits per heavy atom. The molecule has 0 aromatic heterocycles. The third-order valence-electron chi connectivity index (χ3n) is 10.1. The summed E-state index contributed by atoms with van der Waals surface area (Å²) in [5.74, 6) is -0.306. The van der Waals surface area contributed by atoms with E-state index in [2.05, 4.69) is 13.8 Å². The first-order valence-corrected chi connectivity index (χ1v) is 13.0. The Morgan fingerprint density at radius 1 is 1.06 bits per heavy atom. The van der Waals surface area contributed by atoms with Crippen LogP contribution in [0.15, 0.2) is 11.6 Å². The van der Waals surface area contributed by atoms with Gasteiger partial charge in [-0.2, -0.15) is 0 Å². The fourth-order valence-electron chi connectivity index (χ4n) is 8.08. The zero-order valence-corrected chi connectivity index (χ0v) is 20.9. The normalized spacial score (nSPS) is 41.2. The van der Waals surface area contributed by atoms with E-state index in [4.69, 9.17) is 9.47 Å². The number of aliphatic hydroxyl groups is 1. The van der Waals surface area contributed by atoms with Crippen molar-refractivity contribution in [2.75, 3.05) is 13.2 Å². The maximum absolute atomic E-state index is 13.3. The third-order valence-corrected chi connectivity index (χ3v) is 10.1. The van der Waals surface area contributed by atoms with Gasteiger partial charge in [-0.15, -0.1) is 0 Å². The maximum atomic E-state index is 13.3. The molecule has 3 saturated carbocycles. The summed E-state index contributed by atoms with van der Waals surface area (Å²) in [7, 11) is 0. The number of hydrogen-bond donors (Lipinski definition) is 2. The van der Waals surface area contributed by atoms with Crippen molar-refractivity contribution in [1.82, 2.24) is 0 Å². The van der Waals surface area contributed by atoms with E-state index in [1.54, 1.807) is 6.08 Å². The van der Waals surface area contributed by atoms with Crippen LogP contribution in [0.5, 0.6) is 0 Å². The molecule has 0 bridgehead atoms. The number of Topliss-reactive ketones (excluding diaryl/α,β-unsaturated/α-hetero) is 1. The zero-order valence-electron chi connectivity index (χ0n) is 20.9. The van der Waals surface area contributed by atoms with Crippen molar-refractivity contribution >= 4 is 17.7 Å². The standard InChI is InChI=1S/C27H40O7/c1-4-5-6-15-33-17-22(29)26(32)12-10-20-21-8-7-18-16-19(28)9-11-24(18,2)27(21,34-23(30)31)14-13-25(20,26)3/h16,20-21,32H,4-15,17H2,1-3H3,(H,30,31)/t20-,21-,24-,25-,26-,27+/m0/s1. The van der Waals surface area contributed by atoms with Crippen LogP contribution < -0.4 is 0 Å². The second-order valence-electron chi connectivity index (χ2n) is 11.5. The van der Waals surface area contributed by atoms with E-state index in [0.29, 0.717) is 51.6 Å². The zero-order chi connectivity index (χ0) is 24.8. The molecule has 6 atom stereocenters. The van der Waals surface area contributed by atoms with Crippen LogP contribution >= 0.6 is 0 Å². The van der Waals surface area contributed by atoms with Crippen molar-refractivity contribution < 1.29 is 34.1 Å². The summed E-state index contributed by atoms with van der Waals surface area (Å²) < 4.78 is 11.5. The van der Waals surface area contributed by atoms with Gasteiger partial charge in [0.05, 0.1) is 0 Å². The van der Waals surface area contributed by atoms with Crippen molar-refractivity contribution in [3.05, 3.63) is 11.6 Å². The van der Waals surface area contributed by atoms with E-state index in [1.165, 1.54) is 0 Å². The highest BCUT2D eigenvalue weighted by Gasteiger charge is 2.72. The Kier molecular flexibility index (Phi) is 6.75. The molecule has 0 amide bonds. The number of carbonyl (C=O) groups is 3. The van der Waals surface area contributed by atoms with Gasteiger partial charge >= 0.3 is 6.16 Å². The first-order valence-electron chi connectivity index (χ1n) is 13.0. The molecule has 0 radical (unpaired) electrons. The number of carbonyl (C=O) groups excluding carboxylic acids is 2. The largest absolute Gasteiger partial charge is 0.506 e. The summed E-state index contributed by atoms with van der Waals surface area (Å²) in [6.07, 6.45) is 7.76. The summed E-state index contributed by atoms with van der Waals surface area (Å²) in [6, 6.07) is 0. The van der Waals surface area contributed by atoms with Crippen molar-refractivity contribution in [3.8, 4) is 0 Å². The SMILES string of the molecule is CCCCCOCC(=O)[C@@]1(O)CC[C@H]2[C@@H]3CCC4=CC(=O)CC[C@]4(C)[C@@]3(OC(=O)O)CC[C@@]21C. The average molecular weight is 477 g/mol. The minimum atomic E-state index is -1.47. The molecule has 3 fully saturated rings. The molecule has 0 aromatic rings. The fraction of sp³-hybridized carbons (Fsp3) is 0.815. The van der Waals surface area contributed by atoms with Gasteiger partial charge in [-0.3, -0.25) is 9.59 Å². The molecule has 7 nitrogen and oxygen atoms in total. The van der Waals surface area contributed by atoms with Gasteiger partial charge in [0.15, 0.2) is 11.6 Å². The number of unbranched alkanes of at least 4 members (excludes halogenated alkanes) is 2. The third kappa shape index (κ3) is 3.65. The molecular weight excluding hydrogens is 436 g/mol. The molecule has 0 heterocycles. The van der Waals surface area contributed by atoms with E-state index in [0.717, 1.165) is 31.3 Å². The molecular formula is C27H40O7. The molecule has 0 aliphatic heterocycles. The molecule has 7 heteroatoms. The van der Waals surface area contributed by atoms with Gasteiger partial charge in [-0.1, -0.05) is 39.2 Å². The predicted molar refractivity (Wildman–Crippen MR) is 125 cm³/mol. The molecule has 4 aliphatic rings. The van der Waals surface area contributed by atoms with E-state index in [-0.39, 0.29) is 30.0 Å². The molecule has 4 rings (SSSR count). The van der Waals surface area contributed by atoms with Gasteiger partial charge in [0.2, 0.25) is 0 Å². The van der Waals surface area contributed by atoms with E-state index >= 15 is 0 Å². The Balaban J connectivity index is 1.62.